The summed E-state index contributed by atoms with van der Waals surface area (Å²) in [5.74, 6) is 0.588. The first-order valence-electron chi connectivity index (χ1n) is 7.13. The van der Waals surface area contributed by atoms with Crippen LogP contribution >= 0.6 is 0 Å². The van der Waals surface area contributed by atoms with E-state index >= 15 is 0 Å². The second kappa shape index (κ2) is 8.61. The molecule has 0 spiro atoms. The van der Waals surface area contributed by atoms with Crippen molar-refractivity contribution < 1.29 is 27.4 Å². The van der Waals surface area contributed by atoms with Gasteiger partial charge in [-0.15, -0.1) is 0 Å². The fourth-order valence-electron chi connectivity index (χ4n) is 1.74. The summed E-state index contributed by atoms with van der Waals surface area (Å²) >= 11 is 0. The lowest BCUT2D eigenvalue weighted by Crippen LogP contribution is -2.31. The number of anilines is 1. The van der Waals surface area contributed by atoms with Crippen molar-refractivity contribution in [1.82, 2.24) is 5.32 Å². The van der Waals surface area contributed by atoms with Crippen LogP contribution in [-0.4, -0.2) is 38.4 Å². The van der Waals surface area contributed by atoms with Gasteiger partial charge in [0.05, 0.1) is 25.4 Å². The summed E-state index contributed by atoms with van der Waals surface area (Å²) in [5.41, 5.74) is 0.416. The highest BCUT2D eigenvalue weighted by atomic mass is 19.4. The van der Waals surface area contributed by atoms with Crippen molar-refractivity contribution in [2.45, 2.75) is 32.5 Å². The number of ether oxygens (including phenoxy) is 2. The molecule has 0 aromatic heterocycles. The number of amides is 1. The number of hydrogen-bond acceptors (Lipinski definition) is 4. The van der Waals surface area contributed by atoms with E-state index in [2.05, 4.69) is 10.6 Å². The van der Waals surface area contributed by atoms with Gasteiger partial charge in [-0.3, -0.25) is 4.79 Å². The molecule has 23 heavy (non-hydrogen) atoms. The summed E-state index contributed by atoms with van der Waals surface area (Å²) in [4.78, 5) is 11.8. The van der Waals surface area contributed by atoms with Crippen molar-refractivity contribution in [1.29, 1.82) is 0 Å². The number of methoxy groups -OCH3 is 1. The molecule has 0 saturated heterocycles. The van der Waals surface area contributed by atoms with Gasteiger partial charge < -0.3 is 20.1 Å². The van der Waals surface area contributed by atoms with E-state index in [0.717, 1.165) is 0 Å². The minimum atomic E-state index is -4.29. The molecule has 1 amide bonds. The van der Waals surface area contributed by atoms with Crippen molar-refractivity contribution in [2.24, 2.45) is 0 Å². The van der Waals surface area contributed by atoms with E-state index in [0.29, 0.717) is 17.2 Å². The molecule has 0 heterocycles. The second-order valence-electron chi connectivity index (χ2n) is 5.12. The molecule has 1 aromatic rings. The predicted octanol–water partition coefficient (Wildman–Crippen LogP) is 2.96. The number of rotatable bonds is 8. The van der Waals surface area contributed by atoms with Gasteiger partial charge in [0.25, 0.3) is 0 Å². The lowest BCUT2D eigenvalue weighted by atomic mass is 10.2. The molecule has 1 aromatic carbocycles. The minimum Gasteiger partial charge on any atom is -0.497 e. The maximum atomic E-state index is 12.0. The monoisotopic (exact) mass is 334 g/mol. The summed E-state index contributed by atoms with van der Waals surface area (Å²) in [6.07, 6.45) is -4.47. The Kier molecular flexibility index (Phi) is 7.15. The summed E-state index contributed by atoms with van der Waals surface area (Å²) in [6.45, 7) is 2.49. The summed E-state index contributed by atoms with van der Waals surface area (Å²) in [7, 11) is 1.49. The topological polar surface area (TPSA) is 59.6 Å². The van der Waals surface area contributed by atoms with Gasteiger partial charge in [-0.05, 0) is 26.0 Å². The van der Waals surface area contributed by atoms with Gasteiger partial charge in [0.2, 0.25) is 5.91 Å². The molecule has 0 fully saturated rings. The Labute approximate surface area is 133 Å². The molecule has 1 rings (SSSR count). The number of benzene rings is 1. The number of alkyl halides is 3. The zero-order valence-electron chi connectivity index (χ0n) is 13.3. The third-order valence-electron chi connectivity index (χ3n) is 2.68. The normalized spacial score (nSPS) is 11.4. The van der Waals surface area contributed by atoms with Crippen LogP contribution in [0.15, 0.2) is 18.2 Å². The van der Waals surface area contributed by atoms with Crippen molar-refractivity contribution in [3.05, 3.63) is 18.2 Å². The first kappa shape index (κ1) is 19.1. The van der Waals surface area contributed by atoms with Gasteiger partial charge in [0.1, 0.15) is 11.5 Å². The molecule has 0 aliphatic heterocycles. The van der Waals surface area contributed by atoms with Crippen LogP contribution in [0, 0.1) is 0 Å². The standard InChI is InChI=1S/C15H21F3N2O3/c1-10(2)23-13-5-4-11(22-3)8-12(13)20-14(21)6-7-19-9-15(16,17)18/h4-5,8,10,19H,6-7,9H2,1-3H3,(H,20,21). The van der Waals surface area contributed by atoms with Crippen molar-refractivity contribution >= 4 is 11.6 Å². The van der Waals surface area contributed by atoms with Crippen LogP contribution in [-0.2, 0) is 4.79 Å². The highest BCUT2D eigenvalue weighted by Gasteiger charge is 2.26. The average molecular weight is 334 g/mol. The van der Waals surface area contributed by atoms with E-state index in [1.54, 1.807) is 18.2 Å². The lowest BCUT2D eigenvalue weighted by molar-refractivity contribution is -0.126. The zero-order chi connectivity index (χ0) is 17.5. The molecular weight excluding hydrogens is 313 g/mol. The molecule has 0 saturated carbocycles. The fourth-order valence-corrected chi connectivity index (χ4v) is 1.74. The maximum Gasteiger partial charge on any atom is 0.401 e. The van der Waals surface area contributed by atoms with Crippen LogP contribution in [0.25, 0.3) is 0 Å². The molecule has 0 bridgehead atoms. The van der Waals surface area contributed by atoms with Gasteiger partial charge >= 0.3 is 6.18 Å². The van der Waals surface area contributed by atoms with E-state index in [-0.39, 0.29) is 19.1 Å². The van der Waals surface area contributed by atoms with E-state index in [9.17, 15) is 18.0 Å². The SMILES string of the molecule is COc1ccc(OC(C)C)c(NC(=O)CCNCC(F)(F)F)c1. The Morgan fingerprint density at radius 3 is 2.57 bits per heavy atom. The van der Waals surface area contributed by atoms with Crippen LogP contribution < -0.4 is 20.1 Å². The number of carbonyl (C=O) groups is 1. The smallest absolute Gasteiger partial charge is 0.401 e. The van der Waals surface area contributed by atoms with Crippen LogP contribution in [0.3, 0.4) is 0 Å². The first-order valence-corrected chi connectivity index (χ1v) is 7.13. The molecule has 0 unspecified atom stereocenters. The third-order valence-corrected chi connectivity index (χ3v) is 2.68. The number of halogens is 3. The molecule has 0 atom stereocenters. The minimum absolute atomic E-state index is 0.0737. The quantitative estimate of drug-likeness (QED) is 0.718. The van der Waals surface area contributed by atoms with Gasteiger partial charge in [-0.25, -0.2) is 0 Å². The van der Waals surface area contributed by atoms with Crippen molar-refractivity contribution in [3.63, 3.8) is 0 Å². The first-order chi connectivity index (χ1) is 10.7. The van der Waals surface area contributed by atoms with Crippen LogP contribution in [0.4, 0.5) is 18.9 Å². The maximum absolute atomic E-state index is 12.0. The lowest BCUT2D eigenvalue weighted by Gasteiger charge is -2.16. The van der Waals surface area contributed by atoms with Gasteiger partial charge in [0.15, 0.2) is 0 Å². The average Bonchev–Trinajstić information content (AvgIpc) is 2.44. The highest BCUT2D eigenvalue weighted by Crippen LogP contribution is 2.30. The molecule has 8 heteroatoms. The number of nitrogens with one attached hydrogen (secondary N) is 2. The molecule has 5 nitrogen and oxygen atoms in total. The number of hydrogen-bond donors (Lipinski definition) is 2. The Hall–Kier alpha value is -1.96. The largest absolute Gasteiger partial charge is 0.497 e. The Morgan fingerprint density at radius 1 is 1.30 bits per heavy atom. The van der Waals surface area contributed by atoms with E-state index in [4.69, 9.17) is 9.47 Å². The van der Waals surface area contributed by atoms with Crippen LogP contribution in [0.5, 0.6) is 11.5 Å². The molecule has 0 aliphatic carbocycles. The molecule has 2 N–H and O–H groups in total. The number of carbonyl (C=O) groups excluding carboxylic acids is 1. The molecule has 130 valence electrons. The molecule has 0 radical (unpaired) electrons. The van der Waals surface area contributed by atoms with E-state index in [1.807, 2.05) is 13.8 Å². The fraction of sp³-hybridized carbons (Fsp3) is 0.533. The summed E-state index contributed by atoms with van der Waals surface area (Å²) in [6, 6.07) is 4.95. The zero-order valence-corrected chi connectivity index (χ0v) is 13.3. The van der Waals surface area contributed by atoms with E-state index in [1.165, 1.54) is 7.11 Å². The van der Waals surface area contributed by atoms with Crippen molar-refractivity contribution in [3.8, 4) is 11.5 Å². The second-order valence-corrected chi connectivity index (χ2v) is 5.12. The third kappa shape index (κ3) is 7.73. The Bertz CT molecular complexity index is 519. The summed E-state index contributed by atoms with van der Waals surface area (Å²) < 4.78 is 46.6. The van der Waals surface area contributed by atoms with E-state index < -0.39 is 18.6 Å². The molecule has 0 aliphatic rings. The van der Waals surface area contributed by atoms with Crippen LogP contribution in [0.2, 0.25) is 0 Å². The van der Waals surface area contributed by atoms with Gasteiger partial charge in [-0.2, -0.15) is 13.2 Å². The van der Waals surface area contributed by atoms with Crippen molar-refractivity contribution in [2.75, 3.05) is 25.5 Å². The van der Waals surface area contributed by atoms with Gasteiger partial charge in [0, 0.05) is 19.0 Å². The molecular formula is C15H21F3N2O3. The summed E-state index contributed by atoms with van der Waals surface area (Å²) in [5, 5.41) is 4.79. The Morgan fingerprint density at radius 2 is 2.00 bits per heavy atom. The van der Waals surface area contributed by atoms with Crippen LogP contribution in [0.1, 0.15) is 20.3 Å². The predicted molar refractivity (Wildman–Crippen MR) is 80.9 cm³/mol. The Balaban J connectivity index is 2.61. The highest BCUT2D eigenvalue weighted by molar-refractivity contribution is 5.92. The van der Waals surface area contributed by atoms with Gasteiger partial charge in [-0.1, -0.05) is 0 Å².